The van der Waals surface area contributed by atoms with Gasteiger partial charge >= 0.3 is 0 Å². The molecule has 1 atom stereocenters. The third kappa shape index (κ3) is 1.54. The number of para-hydroxylation sites is 1. The molecule has 12 heavy (non-hydrogen) atoms. The highest BCUT2D eigenvalue weighted by Gasteiger charge is 2.19. The Kier molecular flexibility index (Phi) is 2.95. The summed E-state index contributed by atoms with van der Waals surface area (Å²) in [6.07, 6.45) is 1.15. The van der Waals surface area contributed by atoms with Crippen LogP contribution in [0.4, 0.5) is 0 Å². The van der Waals surface area contributed by atoms with Crippen molar-refractivity contribution in [2.75, 3.05) is 7.05 Å². The fraction of sp³-hybridized carbons (Fsp3) is 0.333. The minimum Gasteiger partial charge on any atom is -0.475 e. The van der Waals surface area contributed by atoms with Gasteiger partial charge in [0.05, 0.1) is 0 Å². The SMILES string of the molecule is CNC1Cc2ccccc2O1.Cl. The third-order valence-electron chi connectivity index (χ3n) is 1.97. The van der Waals surface area contributed by atoms with Gasteiger partial charge in [0.2, 0.25) is 0 Å². The summed E-state index contributed by atoms with van der Waals surface area (Å²) in [4.78, 5) is 0. The summed E-state index contributed by atoms with van der Waals surface area (Å²) in [7, 11) is 1.91. The Balaban J connectivity index is 0.000000720. The maximum Gasteiger partial charge on any atom is 0.154 e. The molecule has 0 bridgehead atoms. The molecule has 1 unspecified atom stereocenters. The van der Waals surface area contributed by atoms with E-state index in [1.165, 1.54) is 5.56 Å². The summed E-state index contributed by atoms with van der Waals surface area (Å²) >= 11 is 0. The molecule has 0 fully saturated rings. The van der Waals surface area contributed by atoms with Crippen LogP contribution in [0.25, 0.3) is 0 Å². The van der Waals surface area contributed by atoms with E-state index in [2.05, 4.69) is 11.4 Å². The molecule has 0 saturated heterocycles. The Bertz CT molecular complexity index is 239. The molecule has 66 valence electrons. The Hall–Kier alpha value is -0.730. The van der Waals surface area contributed by atoms with E-state index in [-0.39, 0.29) is 18.6 Å². The molecule has 0 amide bonds. The summed E-state index contributed by atoms with van der Waals surface area (Å²) in [6.45, 7) is 0. The van der Waals surface area contributed by atoms with Crippen molar-refractivity contribution >= 4 is 12.4 Å². The van der Waals surface area contributed by atoms with E-state index in [0.717, 1.165) is 12.2 Å². The second-order valence-corrected chi connectivity index (χ2v) is 2.71. The van der Waals surface area contributed by atoms with Crippen molar-refractivity contribution in [1.82, 2.24) is 5.32 Å². The average molecular weight is 186 g/mol. The molecule has 2 nitrogen and oxygen atoms in total. The van der Waals surface area contributed by atoms with Gasteiger partial charge in [-0.2, -0.15) is 0 Å². The second-order valence-electron chi connectivity index (χ2n) is 2.71. The van der Waals surface area contributed by atoms with Gasteiger partial charge in [0, 0.05) is 6.42 Å². The standard InChI is InChI=1S/C9H11NO.ClH/c1-10-9-6-7-4-2-3-5-8(7)11-9;/h2-5,9-10H,6H2,1H3;1H. The highest BCUT2D eigenvalue weighted by atomic mass is 35.5. The predicted molar refractivity (Wildman–Crippen MR) is 50.9 cm³/mol. The van der Waals surface area contributed by atoms with Gasteiger partial charge in [-0.1, -0.05) is 18.2 Å². The molecule has 0 aromatic heterocycles. The monoisotopic (exact) mass is 185 g/mol. The first kappa shape index (κ1) is 9.36. The van der Waals surface area contributed by atoms with E-state index in [4.69, 9.17) is 4.74 Å². The first-order valence-electron chi connectivity index (χ1n) is 3.82. The van der Waals surface area contributed by atoms with E-state index < -0.39 is 0 Å². The first-order valence-corrected chi connectivity index (χ1v) is 3.82. The Morgan fingerprint density at radius 2 is 2.17 bits per heavy atom. The largest absolute Gasteiger partial charge is 0.475 e. The maximum absolute atomic E-state index is 5.54. The second kappa shape index (κ2) is 3.78. The minimum absolute atomic E-state index is 0. The van der Waals surface area contributed by atoms with E-state index in [9.17, 15) is 0 Å². The average Bonchev–Trinajstić information content (AvgIpc) is 2.46. The van der Waals surface area contributed by atoms with Crippen molar-refractivity contribution in [1.29, 1.82) is 0 Å². The first-order chi connectivity index (χ1) is 5.40. The molecular weight excluding hydrogens is 174 g/mol. The quantitative estimate of drug-likeness (QED) is 0.718. The predicted octanol–water partition coefficient (Wildman–Crippen LogP) is 1.59. The molecule has 0 spiro atoms. The fourth-order valence-electron chi connectivity index (χ4n) is 1.34. The lowest BCUT2D eigenvalue weighted by atomic mass is 10.1. The molecule has 1 N–H and O–H groups in total. The van der Waals surface area contributed by atoms with Gasteiger partial charge in [0.1, 0.15) is 5.75 Å². The smallest absolute Gasteiger partial charge is 0.154 e. The molecule has 1 aromatic carbocycles. The van der Waals surface area contributed by atoms with Crippen LogP contribution >= 0.6 is 12.4 Å². The highest BCUT2D eigenvalue weighted by Crippen LogP contribution is 2.26. The van der Waals surface area contributed by atoms with Crippen LogP contribution in [0, 0.1) is 0 Å². The highest BCUT2D eigenvalue weighted by molar-refractivity contribution is 5.85. The normalized spacial score (nSPS) is 19.2. The number of benzene rings is 1. The van der Waals surface area contributed by atoms with Gasteiger partial charge in [0.15, 0.2) is 6.23 Å². The van der Waals surface area contributed by atoms with E-state index in [1.807, 2.05) is 25.2 Å². The van der Waals surface area contributed by atoms with Gasteiger partial charge < -0.3 is 4.74 Å². The number of ether oxygens (including phenoxy) is 1. The molecule has 1 aromatic rings. The molecular formula is C9H12ClNO. The van der Waals surface area contributed by atoms with Crippen molar-refractivity contribution in [2.24, 2.45) is 0 Å². The molecule has 0 radical (unpaired) electrons. The number of hydrogen-bond donors (Lipinski definition) is 1. The Morgan fingerprint density at radius 3 is 2.83 bits per heavy atom. The summed E-state index contributed by atoms with van der Waals surface area (Å²) in [6, 6.07) is 8.15. The van der Waals surface area contributed by atoms with Crippen molar-refractivity contribution in [3.8, 4) is 5.75 Å². The number of hydrogen-bond acceptors (Lipinski definition) is 2. The summed E-state index contributed by atoms with van der Waals surface area (Å²) in [5.74, 6) is 1.02. The van der Waals surface area contributed by atoms with Gasteiger partial charge in [-0.15, -0.1) is 12.4 Å². The third-order valence-corrected chi connectivity index (χ3v) is 1.97. The van der Waals surface area contributed by atoms with Crippen molar-refractivity contribution < 1.29 is 4.74 Å². The molecule has 1 aliphatic rings. The molecule has 1 heterocycles. The van der Waals surface area contributed by atoms with Crippen LogP contribution in [-0.2, 0) is 6.42 Å². The lowest BCUT2D eigenvalue weighted by Crippen LogP contribution is -2.28. The van der Waals surface area contributed by atoms with Crippen LogP contribution in [0.15, 0.2) is 24.3 Å². The van der Waals surface area contributed by atoms with Crippen LogP contribution in [0.2, 0.25) is 0 Å². The lowest BCUT2D eigenvalue weighted by molar-refractivity contribution is 0.203. The topological polar surface area (TPSA) is 21.3 Å². The minimum atomic E-state index is 0. The Morgan fingerprint density at radius 1 is 1.42 bits per heavy atom. The molecule has 2 rings (SSSR count). The van der Waals surface area contributed by atoms with Gasteiger partial charge in [-0.3, -0.25) is 5.32 Å². The zero-order valence-corrected chi connectivity index (χ0v) is 7.73. The Labute approximate surface area is 78.3 Å². The van der Waals surface area contributed by atoms with Gasteiger partial charge in [-0.25, -0.2) is 0 Å². The lowest BCUT2D eigenvalue weighted by Gasteiger charge is -2.07. The zero-order chi connectivity index (χ0) is 7.68. The molecule has 0 aliphatic carbocycles. The van der Waals surface area contributed by atoms with Gasteiger partial charge in [-0.05, 0) is 18.7 Å². The number of likely N-dealkylation sites (N-methyl/N-ethyl adjacent to an activating group) is 1. The summed E-state index contributed by atoms with van der Waals surface area (Å²) < 4.78 is 5.54. The van der Waals surface area contributed by atoms with Crippen LogP contribution in [0.5, 0.6) is 5.75 Å². The fourth-order valence-corrected chi connectivity index (χ4v) is 1.34. The number of fused-ring (bicyclic) bond motifs is 1. The zero-order valence-electron chi connectivity index (χ0n) is 6.91. The van der Waals surface area contributed by atoms with Crippen LogP contribution in [0.3, 0.4) is 0 Å². The van der Waals surface area contributed by atoms with Crippen molar-refractivity contribution in [3.63, 3.8) is 0 Å². The summed E-state index contributed by atoms with van der Waals surface area (Å²) in [5.41, 5.74) is 1.30. The molecule has 1 aliphatic heterocycles. The van der Waals surface area contributed by atoms with E-state index in [0.29, 0.717) is 0 Å². The summed E-state index contributed by atoms with van der Waals surface area (Å²) in [5, 5.41) is 3.09. The number of halogens is 1. The van der Waals surface area contributed by atoms with Crippen LogP contribution < -0.4 is 10.1 Å². The molecule has 3 heteroatoms. The number of nitrogens with one attached hydrogen (secondary N) is 1. The number of rotatable bonds is 1. The van der Waals surface area contributed by atoms with Crippen LogP contribution in [-0.4, -0.2) is 13.3 Å². The molecule has 0 saturated carbocycles. The van der Waals surface area contributed by atoms with Gasteiger partial charge in [0.25, 0.3) is 0 Å². The van der Waals surface area contributed by atoms with Crippen molar-refractivity contribution in [3.05, 3.63) is 29.8 Å². The van der Waals surface area contributed by atoms with Crippen molar-refractivity contribution in [2.45, 2.75) is 12.6 Å². The van der Waals surface area contributed by atoms with E-state index in [1.54, 1.807) is 0 Å². The maximum atomic E-state index is 5.54. The van der Waals surface area contributed by atoms with E-state index >= 15 is 0 Å². The van der Waals surface area contributed by atoms with Crippen LogP contribution in [0.1, 0.15) is 5.56 Å².